The number of hydrogen-bond acceptors (Lipinski definition) is 6. The van der Waals surface area contributed by atoms with E-state index in [1.165, 1.54) is 9.13 Å². The topological polar surface area (TPSA) is 111 Å². The van der Waals surface area contributed by atoms with Crippen molar-refractivity contribution in [3.63, 3.8) is 0 Å². The van der Waals surface area contributed by atoms with Gasteiger partial charge < -0.3 is 15.0 Å². The van der Waals surface area contributed by atoms with Crippen LogP contribution in [0.2, 0.25) is 5.02 Å². The number of carbonyl (C=O) groups is 2. The highest BCUT2D eigenvalue weighted by Crippen LogP contribution is 2.26. The number of amides is 2. The van der Waals surface area contributed by atoms with Gasteiger partial charge in [0, 0.05) is 35.5 Å². The molecule has 1 aliphatic heterocycles. The summed E-state index contributed by atoms with van der Waals surface area (Å²) in [6.07, 6.45) is 3.17. The van der Waals surface area contributed by atoms with E-state index in [0.29, 0.717) is 44.6 Å². The fourth-order valence-electron chi connectivity index (χ4n) is 4.31. The zero-order valence-corrected chi connectivity index (χ0v) is 22.6. The summed E-state index contributed by atoms with van der Waals surface area (Å²) in [5.74, 6) is 0.304. The van der Waals surface area contributed by atoms with E-state index in [2.05, 4.69) is 31.2 Å². The number of methoxy groups -OCH3 is 1. The van der Waals surface area contributed by atoms with Crippen molar-refractivity contribution in [1.82, 2.24) is 29.3 Å². The third-order valence-corrected chi connectivity index (χ3v) is 7.44. The summed E-state index contributed by atoms with van der Waals surface area (Å²) < 4.78 is 8.82. The van der Waals surface area contributed by atoms with Gasteiger partial charge in [-0.3, -0.25) is 18.7 Å². The normalized spacial score (nSPS) is 12.7. The average Bonchev–Trinajstić information content (AvgIpc) is 3.25. The molecule has 0 bridgehead atoms. The Morgan fingerprint density at radius 3 is 2.53 bits per heavy atom. The first-order valence-corrected chi connectivity index (χ1v) is 12.8. The molecule has 12 heteroatoms. The monoisotopic (exact) mass is 596 g/mol. The molecule has 3 heterocycles. The molecule has 5 rings (SSSR count). The smallest absolute Gasteiger partial charge is 0.333 e. The standard InChI is InChI=1S/C26H22BrClN6O4/c1-38-18-6-4-17(5-7-18)34-23(24(35)31-14-22-29-9-2-10-30-22)21-15-32(11-12-33(21)26(34)37)25(36)16-3-8-19(27)20(28)13-16/h2-10,13H,11-12,14-15H2,1H3,(H,31,35). The molecule has 2 amide bonds. The third-order valence-electron chi connectivity index (χ3n) is 6.20. The van der Waals surface area contributed by atoms with Crippen LogP contribution in [0.3, 0.4) is 0 Å². The highest BCUT2D eigenvalue weighted by atomic mass is 79.9. The van der Waals surface area contributed by atoms with Crippen molar-refractivity contribution in [3.8, 4) is 11.4 Å². The maximum atomic E-state index is 13.6. The Morgan fingerprint density at radius 2 is 1.84 bits per heavy atom. The predicted molar refractivity (Wildman–Crippen MR) is 144 cm³/mol. The van der Waals surface area contributed by atoms with E-state index in [4.69, 9.17) is 16.3 Å². The number of aromatic nitrogens is 4. The number of halogens is 2. The van der Waals surface area contributed by atoms with Crippen LogP contribution in [0, 0.1) is 0 Å². The molecule has 4 aromatic rings. The van der Waals surface area contributed by atoms with Crippen molar-refractivity contribution in [1.29, 1.82) is 0 Å². The number of benzene rings is 2. The maximum absolute atomic E-state index is 13.6. The quantitative estimate of drug-likeness (QED) is 0.365. The Labute approximate surface area is 231 Å². The summed E-state index contributed by atoms with van der Waals surface area (Å²) in [6, 6.07) is 13.5. The van der Waals surface area contributed by atoms with Gasteiger partial charge in [0.25, 0.3) is 11.8 Å². The SMILES string of the molecule is COc1ccc(-n2c(C(=O)NCc3ncccn3)c3n(c2=O)CCN(C(=O)c2ccc(Br)c(Cl)c2)C3)cc1. The van der Waals surface area contributed by atoms with Crippen molar-refractivity contribution in [2.45, 2.75) is 19.6 Å². The number of carbonyl (C=O) groups excluding carboxylic acids is 2. The van der Waals surface area contributed by atoms with Crippen LogP contribution in [0.5, 0.6) is 5.75 Å². The molecule has 0 aliphatic carbocycles. The number of rotatable bonds is 6. The molecular formula is C26H22BrClN6O4. The first-order chi connectivity index (χ1) is 18.4. The zero-order chi connectivity index (χ0) is 26.8. The second kappa shape index (κ2) is 10.8. The van der Waals surface area contributed by atoms with Crippen molar-refractivity contribution in [3.05, 3.63) is 104 Å². The molecule has 1 N–H and O–H groups in total. The number of hydrogen-bond donors (Lipinski definition) is 1. The zero-order valence-electron chi connectivity index (χ0n) is 20.2. The Morgan fingerprint density at radius 1 is 1.11 bits per heavy atom. The van der Waals surface area contributed by atoms with Crippen LogP contribution < -0.4 is 15.7 Å². The van der Waals surface area contributed by atoms with E-state index in [1.54, 1.807) is 72.9 Å². The molecule has 10 nitrogen and oxygen atoms in total. The Balaban J connectivity index is 1.53. The van der Waals surface area contributed by atoms with Crippen molar-refractivity contribution >= 4 is 39.3 Å². The Bertz CT molecular complexity index is 1570. The highest BCUT2D eigenvalue weighted by Gasteiger charge is 2.32. The average molecular weight is 598 g/mol. The van der Waals surface area contributed by atoms with Crippen LogP contribution >= 0.6 is 27.5 Å². The van der Waals surface area contributed by atoms with Gasteiger partial charge in [-0.25, -0.2) is 14.8 Å². The molecule has 194 valence electrons. The maximum Gasteiger partial charge on any atom is 0.333 e. The van der Waals surface area contributed by atoms with Crippen LogP contribution in [-0.2, 0) is 19.6 Å². The van der Waals surface area contributed by atoms with Crippen LogP contribution in [-0.4, -0.2) is 49.5 Å². The lowest BCUT2D eigenvalue weighted by Gasteiger charge is -2.28. The molecule has 2 aromatic carbocycles. The van der Waals surface area contributed by atoms with Gasteiger partial charge >= 0.3 is 5.69 Å². The van der Waals surface area contributed by atoms with E-state index in [1.807, 2.05) is 0 Å². The minimum Gasteiger partial charge on any atom is -0.497 e. The lowest BCUT2D eigenvalue weighted by Crippen LogP contribution is -2.41. The number of nitrogens with one attached hydrogen (secondary N) is 1. The lowest BCUT2D eigenvalue weighted by atomic mass is 10.1. The van der Waals surface area contributed by atoms with Gasteiger partial charge in [0.15, 0.2) is 0 Å². The molecular weight excluding hydrogens is 576 g/mol. The van der Waals surface area contributed by atoms with E-state index in [9.17, 15) is 14.4 Å². The first kappa shape index (κ1) is 25.7. The number of nitrogens with zero attached hydrogens (tertiary/aromatic N) is 5. The van der Waals surface area contributed by atoms with Gasteiger partial charge in [-0.1, -0.05) is 11.6 Å². The molecule has 0 unspecified atom stereocenters. The van der Waals surface area contributed by atoms with E-state index in [0.717, 1.165) is 0 Å². The second-order valence-electron chi connectivity index (χ2n) is 8.47. The highest BCUT2D eigenvalue weighted by molar-refractivity contribution is 9.10. The summed E-state index contributed by atoms with van der Waals surface area (Å²) in [7, 11) is 1.55. The Hall–Kier alpha value is -3.96. The molecule has 1 aliphatic rings. The van der Waals surface area contributed by atoms with Crippen LogP contribution in [0.4, 0.5) is 0 Å². The number of ether oxygens (including phenoxy) is 1. The summed E-state index contributed by atoms with van der Waals surface area (Å²) in [4.78, 5) is 50.3. The summed E-state index contributed by atoms with van der Waals surface area (Å²) in [5.41, 5.74) is 1.11. The largest absolute Gasteiger partial charge is 0.497 e. The summed E-state index contributed by atoms with van der Waals surface area (Å²) in [5, 5.41) is 3.23. The number of imidazole rings is 1. The minimum atomic E-state index is -0.486. The Kier molecular flexibility index (Phi) is 7.30. The van der Waals surface area contributed by atoms with E-state index in [-0.39, 0.29) is 36.9 Å². The second-order valence-corrected chi connectivity index (χ2v) is 9.73. The predicted octanol–water partition coefficient (Wildman–Crippen LogP) is 3.44. The van der Waals surface area contributed by atoms with Crippen LogP contribution in [0.1, 0.15) is 32.4 Å². The fourth-order valence-corrected chi connectivity index (χ4v) is 4.74. The fraction of sp³-hybridized carbons (Fsp3) is 0.192. The van der Waals surface area contributed by atoms with Gasteiger partial charge in [-0.15, -0.1) is 0 Å². The molecule has 0 radical (unpaired) electrons. The van der Waals surface area contributed by atoms with Gasteiger partial charge in [-0.05, 0) is 64.5 Å². The summed E-state index contributed by atoms with van der Waals surface area (Å²) >= 11 is 9.54. The van der Waals surface area contributed by atoms with Gasteiger partial charge in [0.1, 0.15) is 17.3 Å². The van der Waals surface area contributed by atoms with Crippen LogP contribution in [0.15, 0.2) is 70.2 Å². The number of fused-ring (bicyclic) bond motifs is 1. The minimum absolute atomic E-state index is 0.0650. The van der Waals surface area contributed by atoms with Gasteiger partial charge in [0.05, 0.1) is 36.6 Å². The van der Waals surface area contributed by atoms with E-state index >= 15 is 0 Å². The molecule has 0 saturated carbocycles. The van der Waals surface area contributed by atoms with Crippen molar-refractivity contribution < 1.29 is 14.3 Å². The van der Waals surface area contributed by atoms with Crippen LogP contribution in [0.25, 0.3) is 5.69 Å². The van der Waals surface area contributed by atoms with Crippen molar-refractivity contribution in [2.24, 2.45) is 0 Å². The van der Waals surface area contributed by atoms with Gasteiger partial charge in [-0.2, -0.15) is 0 Å². The molecule has 0 atom stereocenters. The molecule has 0 spiro atoms. The first-order valence-electron chi connectivity index (χ1n) is 11.6. The van der Waals surface area contributed by atoms with Crippen molar-refractivity contribution in [2.75, 3.05) is 13.7 Å². The third kappa shape index (κ3) is 4.94. The molecule has 0 fully saturated rings. The molecule has 0 saturated heterocycles. The van der Waals surface area contributed by atoms with Gasteiger partial charge in [0.2, 0.25) is 0 Å². The molecule has 38 heavy (non-hydrogen) atoms. The van der Waals surface area contributed by atoms with E-state index < -0.39 is 5.91 Å². The molecule has 2 aromatic heterocycles. The lowest BCUT2D eigenvalue weighted by molar-refractivity contribution is 0.0706. The summed E-state index contributed by atoms with van der Waals surface area (Å²) in [6.45, 7) is 0.664.